The fourth-order valence-electron chi connectivity index (χ4n) is 3.28. The minimum atomic E-state index is -4.41. The summed E-state index contributed by atoms with van der Waals surface area (Å²) in [6.07, 6.45) is -2.69. The molecule has 6 nitrogen and oxygen atoms in total. The number of ether oxygens (including phenoxy) is 2. The molecule has 2 heterocycles. The molecular weight excluding hydrogens is 387 g/mol. The Kier molecular flexibility index (Phi) is 6.14. The number of carbonyl (C=O) groups excluding carboxylic acids is 1. The zero-order valence-electron chi connectivity index (χ0n) is 16.1. The van der Waals surface area contributed by atoms with Crippen LogP contribution in [0.5, 0.6) is 11.5 Å². The average molecular weight is 409 g/mol. The van der Waals surface area contributed by atoms with E-state index in [9.17, 15) is 18.0 Å². The van der Waals surface area contributed by atoms with Crippen LogP contribution in [-0.4, -0.2) is 44.2 Å². The van der Waals surface area contributed by atoms with E-state index in [1.807, 2.05) is 4.90 Å². The SMILES string of the molecule is COc1ccc(CC(=O)N[C@H]2CCN(c3ccc(C(F)(F)F)cn3)C2)cc1OC. The zero-order valence-corrected chi connectivity index (χ0v) is 16.1. The number of anilines is 1. The molecule has 1 N–H and O–H groups in total. The Morgan fingerprint density at radius 1 is 1.21 bits per heavy atom. The predicted molar refractivity (Wildman–Crippen MR) is 101 cm³/mol. The van der Waals surface area contributed by atoms with E-state index < -0.39 is 11.7 Å². The molecule has 0 unspecified atom stereocenters. The lowest BCUT2D eigenvalue weighted by molar-refractivity contribution is -0.137. The van der Waals surface area contributed by atoms with Gasteiger partial charge in [0, 0.05) is 25.3 Å². The number of halogens is 3. The Morgan fingerprint density at radius 3 is 2.59 bits per heavy atom. The lowest BCUT2D eigenvalue weighted by atomic mass is 10.1. The standard InChI is InChI=1S/C20H22F3N3O3/c1-28-16-5-3-13(9-17(16)29-2)10-19(27)25-15-7-8-26(12-15)18-6-4-14(11-24-18)20(21,22)23/h3-6,9,11,15H,7-8,10,12H2,1-2H3,(H,25,27)/t15-/m0/s1. The van der Waals surface area contributed by atoms with Crippen molar-refractivity contribution in [2.24, 2.45) is 0 Å². The van der Waals surface area contributed by atoms with Crippen molar-refractivity contribution in [2.75, 3.05) is 32.2 Å². The van der Waals surface area contributed by atoms with Crippen molar-refractivity contribution in [1.82, 2.24) is 10.3 Å². The van der Waals surface area contributed by atoms with E-state index in [0.717, 1.165) is 17.8 Å². The molecule has 3 rings (SSSR count). The molecule has 1 fully saturated rings. The number of pyridine rings is 1. The Balaban J connectivity index is 1.55. The number of methoxy groups -OCH3 is 2. The van der Waals surface area contributed by atoms with E-state index in [0.29, 0.717) is 36.8 Å². The van der Waals surface area contributed by atoms with E-state index in [2.05, 4.69) is 10.3 Å². The van der Waals surface area contributed by atoms with E-state index in [4.69, 9.17) is 9.47 Å². The van der Waals surface area contributed by atoms with Crippen LogP contribution in [0.15, 0.2) is 36.5 Å². The third-order valence-corrected chi connectivity index (χ3v) is 4.77. The van der Waals surface area contributed by atoms with Crippen molar-refractivity contribution in [3.8, 4) is 11.5 Å². The van der Waals surface area contributed by atoms with Crippen LogP contribution in [0.1, 0.15) is 17.5 Å². The van der Waals surface area contributed by atoms with Crippen LogP contribution in [0.2, 0.25) is 0 Å². The number of hydrogen-bond donors (Lipinski definition) is 1. The van der Waals surface area contributed by atoms with Gasteiger partial charge in [0.1, 0.15) is 5.82 Å². The summed E-state index contributed by atoms with van der Waals surface area (Å²) in [5.74, 6) is 1.48. The van der Waals surface area contributed by atoms with Gasteiger partial charge in [-0.05, 0) is 36.2 Å². The molecule has 156 valence electrons. The first-order valence-electron chi connectivity index (χ1n) is 9.08. The monoisotopic (exact) mass is 409 g/mol. The van der Waals surface area contributed by atoms with Crippen LogP contribution in [0.4, 0.5) is 19.0 Å². The first-order chi connectivity index (χ1) is 13.8. The second kappa shape index (κ2) is 8.59. The number of carbonyl (C=O) groups is 1. The summed E-state index contributed by atoms with van der Waals surface area (Å²) in [6.45, 7) is 1.11. The van der Waals surface area contributed by atoms with Crippen molar-refractivity contribution in [1.29, 1.82) is 0 Å². The highest BCUT2D eigenvalue weighted by Crippen LogP contribution is 2.30. The number of benzene rings is 1. The zero-order chi connectivity index (χ0) is 21.0. The summed E-state index contributed by atoms with van der Waals surface area (Å²) in [6, 6.07) is 7.59. The normalized spacial score (nSPS) is 16.6. The Labute approximate surface area is 166 Å². The Hall–Kier alpha value is -2.97. The van der Waals surface area contributed by atoms with E-state index in [1.54, 1.807) is 25.3 Å². The van der Waals surface area contributed by atoms with Gasteiger partial charge in [0.15, 0.2) is 11.5 Å². The third-order valence-electron chi connectivity index (χ3n) is 4.77. The van der Waals surface area contributed by atoms with Crippen molar-refractivity contribution in [3.63, 3.8) is 0 Å². The van der Waals surface area contributed by atoms with Crippen LogP contribution in [0, 0.1) is 0 Å². The number of aromatic nitrogens is 1. The molecule has 0 bridgehead atoms. The molecule has 9 heteroatoms. The topological polar surface area (TPSA) is 63.7 Å². The molecule has 1 atom stereocenters. The highest BCUT2D eigenvalue weighted by Gasteiger charge is 2.31. The highest BCUT2D eigenvalue weighted by atomic mass is 19.4. The van der Waals surface area contributed by atoms with Gasteiger partial charge in [0.05, 0.1) is 26.2 Å². The van der Waals surface area contributed by atoms with Gasteiger partial charge in [0.25, 0.3) is 0 Å². The van der Waals surface area contributed by atoms with Gasteiger partial charge in [0.2, 0.25) is 5.91 Å². The molecule has 1 saturated heterocycles. The maximum absolute atomic E-state index is 12.7. The molecule has 1 aliphatic heterocycles. The summed E-state index contributed by atoms with van der Waals surface area (Å²) in [4.78, 5) is 18.2. The maximum atomic E-state index is 12.7. The molecule has 0 radical (unpaired) electrons. The number of amides is 1. The molecule has 0 aliphatic carbocycles. The number of rotatable bonds is 6. The van der Waals surface area contributed by atoms with Gasteiger partial charge in [-0.15, -0.1) is 0 Å². The molecule has 29 heavy (non-hydrogen) atoms. The summed E-state index contributed by atoms with van der Waals surface area (Å²) in [5, 5.41) is 2.97. The molecule has 1 aliphatic rings. The molecule has 0 saturated carbocycles. The average Bonchev–Trinajstić information content (AvgIpc) is 3.15. The lowest BCUT2D eigenvalue weighted by Crippen LogP contribution is -2.38. The van der Waals surface area contributed by atoms with Crippen molar-refractivity contribution in [2.45, 2.75) is 25.1 Å². The lowest BCUT2D eigenvalue weighted by Gasteiger charge is -2.18. The van der Waals surface area contributed by atoms with Gasteiger partial charge in [-0.25, -0.2) is 4.98 Å². The fraction of sp³-hybridized carbons (Fsp3) is 0.400. The third kappa shape index (κ3) is 5.10. The first kappa shape index (κ1) is 20.8. The van der Waals surface area contributed by atoms with Crippen molar-refractivity contribution >= 4 is 11.7 Å². The predicted octanol–water partition coefficient (Wildman–Crippen LogP) is 3.06. The number of nitrogens with zero attached hydrogens (tertiary/aromatic N) is 2. The van der Waals surface area contributed by atoms with Crippen molar-refractivity contribution in [3.05, 3.63) is 47.7 Å². The smallest absolute Gasteiger partial charge is 0.417 e. The van der Waals surface area contributed by atoms with Crippen molar-refractivity contribution < 1.29 is 27.4 Å². The molecule has 1 aromatic heterocycles. The van der Waals surface area contributed by atoms with Crippen LogP contribution in [-0.2, 0) is 17.4 Å². The van der Waals surface area contributed by atoms with E-state index >= 15 is 0 Å². The van der Waals surface area contributed by atoms with Gasteiger partial charge >= 0.3 is 6.18 Å². The Morgan fingerprint density at radius 2 is 1.97 bits per heavy atom. The molecule has 1 amide bonds. The number of hydrogen-bond acceptors (Lipinski definition) is 5. The van der Waals surface area contributed by atoms with Crippen LogP contribution in [0.25, 0.3) is 0 Å². The second-order valence-corrected chi connectivity index (χ2v) is 6.77. The Bertz CT molecular complexity index is 856. The van der Waals surface area contributed by atoms with Crippen LogP contribution < -0.4 is 19.7 Å². The van der Waals surface area contributed by atoms with Gasteiger partial charge in [-0.1, -0.05) is 6.07 Å². The second-order valence-electron chi connectivity index (χ2n) is 6.77. The minimum absolute atomic E-state index is 0.0910. The molecule has 0 spiro atoms. The fourth-order valence-corrected chi connectivity index (χ4v) is 3.28. The first-order valence-corrected chi connectivity index (χ1v) is 9.08. The van der Waals surface area contributed by atoms with Gasteiger partial charge in [-0.3, -0.25) is 4.79 Å². The van der Waals surface area contributed by atoms with Crippen LogP contribution in [0.3, 0.4) is 0 Å². The number of alkyl halides is 3. The van der Waals surface area contributed by atoms with Gasteiger partial charge < -0.3 is 19.7 Å². The summed E-state index contributed by atoms with van der Waals surface area (Å²) in [5.41, 5.74) is 0.0135. The molecule has 1 aromatic carbocycles. The highest BCUT2D eigenvalue weighted by molar-refractivity contribution is 5.79. The maximum Gasteiger partial charge on any atom is 0.417 e. The van der Waals surface area contributed by atoms with Gasteiger partial charge in [-0.2, -0.15) is 13.2 Å². The summed E-state index contributed by atoms with van der Waals surface area (Å²) in [7, 11) is 3.08. The van der Waals surface area contributed by atoms with E-state index in [1.165, 1.54) is 13.2 Å². The largest absolute Gasteiger partial charge is 0.493 e. The summed E-state index contributed by atoms with van der Waals surface area (Å²) < 4.78 is 48.4. The molecular formula is C20H22F3N3O3. The molecule has 2 aromatic rings. The quantitative estimate of drug-likeness (QED) is 0.795. The summed E-state index contributed by atoms with van der Waals surface area (Å²) >= 11 is 0. The van der Waals surface area contributed by atoms with Crippen LogP contribution >= 0.6 is 0 Å². The van der Waals surface area contributed by atoms with E-state index in [-0.39, 0.29) is 18.4 Å². The number of nitrogens with one attached hydrogen (secondary N) is 1. The minimum Gasteiger partial charge on any atom is -0.493 e.